The van der Waals surface area contributed by atoms with Gasteiger partial charge in [-0.1, -0.05) is 182 Å². The van der Waals surface area contributed by atoms with E-state index in [1.165, 1.54) is 0 Å². The van der Waals surface area contributed by atoms with E-state index in [0.29, 0.717) is 0 Å². The van der Waals surface area contributed by atoms with Crippen molar-refractivity contribution in [3.63, 3.8) is 0 Å². The molecule has 1 heterocycles. The Bertz CT molecular complexity index is 4190. The fourth-order valence-corrected chi connectivity index (χ4v) is 11.6. The first-order valence-corrected chi connectivity index (χ1v) is 23.6. The maximum atomic E-state index is 10.4. The first-order valence-electron chi connectivity index (χ1n) is 26.3. The Morgan fingerprint density at radius 1 is 0.382 bits per heavy atom. The van der Waals surface area contributed by atoms with Crippen molar-refractivity contribution in [2.45, 2.75) is 5.41 Å². The van der Waals surface area contributed by atoms with Crippen LogP contribution >= 0.6 is 11.3 Å². The zero-order valence-electron chi connectivity index (χ0n) is 43.7. The molecule has 0 saturated carbocycles. The first kappa shape index (κ1) is 33.0. The number of hydrogen-bond donors (Lipinski definition) is 0. The summed E-state index contributed by atoms with van der Waals surface area (Å²) < 4.78 is 68.6. The van der Waals surface area contributed by atoms with Crippen LogP contribution in [0.2, 0.25) is 0 Å². The Kier molecular flexibility index (Phi) is 7.98. The van der Waals surface area contributed by atoms with Gasteiger partial charge in [0.2, 0.25) is 0 Å². The lowest BCUT2D eigenvalue weighted by molar-refractivity contribution is 0.778. The Morgan fingerprint density at radius 2 is 0.926 bits per heavy atom. The van der Waals surface area contributed by atoms with Crippen LogP contribution in [0, 0.1) is 0 Å². The molecule has 11 aromatic carbocycles. The summed E-state index contributed by atoms with van der Waals surface area (Å²) >= 11 is 1.67. The third-order valence-electron chi connectivity index (χ3n) is 13.3. The largest absolute Gasteiger partial charge is 0.310 e. The lowest BCUT2D eigenvalue weighted by Crippen LogP contribution is -2.29. The number of hydrogen-bond acceptors (Lipinski definition) is 3. The third-order valence-corrected chi connectivity index (χ3v) is 14.5. The summed E-state index contributed by atoms with van der Waals surface area (Å²) in [6.45, 7) is 0. The normalized spacial score (nSPS) is 15.4. The second-order valence-corrected chi connectivity index (χ2v) is 18.1. The van der Waals surface area contributed by atoms with Crippen LogP contribution in [-0.2, 0) is 5.41 Å². The molecule has 0 fully saturated rings. The highest BCUT2D eigenvalue weighted by Crippen LogP contribution is 2.60. The maximum Gasteiger partial charge on any atom is 0.0720 e. The Hall–Kier alpha value is -8.50. The number of para-hydroxylation sites is 4. The molecule has 0 bridgehead atoms. The molecule has 0 N–H and O–H groups in total. The van der Waals surface area contributed by atoms with Gasteiger partial charge < -0.3 is 9.80 Å². The van der Waals surface area contributed by atoms with Crippen LogP contribution in [-0.4, -0.2) is 0 Å². The zero-order chi connectivity index (χ0) is 51.1. The lowest BCUT2D eigenvalue weighted by atomic mass is 9.66. The third kappa shape index (κ3) is 6.39. The first-order chi connectivity index (χ1) is 36.7. The highest BCUT2D eigenvalue weighted by atomic mass is 32.1. The molecule has 0 spiro atoms. The lowest BCUT2D eigenvalue weighted by Gasteiger charge is -2.35. The van der Waals surface area contributed by atoms with E-state index in [0.717, 1.165) is 93.2 Å². The van der Waals surface area contributed by atoms with Crippen LogP contribution in [0.4, 0.5) is 34.1 Å². The van der Waals surface area contributed by atoms with Gasteiger partial charge in [0, 0.05) is 54.2 Å². The molecule has 0 radical (unpaired) electrons. The molecule has 0 amide bonds. The smallest absolute Gasteiger partial charge is 0.0720 e. The SMILES string of the molecule is [2H]c1c([2H])c([2H])c2c([2H])c(C3(c4cccc5sc6ccccc6c45)c4ccc(N(c5ccccc5)c5ccccc5)cc4-c4cc(N(c5ccccc5)c5ccccc5-c5ccccc5)ccc43)c([2H])c([2H])c2c1[2H]. The Morgan fingerprint density at radius 3 is 1.60 bits per heavy atom. The second-order valence-electron chi connectivity index (χ2n) is 17.0. The summed E-state index contributed by atoms with van der Waals surface area (Å²) in [5, 5.41) is 1.72. The number of fused-ring (bicyclic) bond motifs is 7. The van der Waals surface area contributed by atoms with Gasteiger partial charge in [-0.15, -0.1) is 11.3 Å². The predicted octanol–water partition coefficient (Wildman–Crippen LogP) is 18.2. The summed E-state index contributed by atoms with van der Waals surface area (Å²) in [7, 11) is 0. The van der Waals surface area contributed by atoms with E-state index in [9.17, 15) is 5.48 Å². The fourth-order valence-electron chi connectivity index (χ4n) is 10.5. The molecule has 1 aromatic heterocycles. The molecule has 3 heteroatoms. The Labute approximate surface area is 410 Å². The molecule has 0 saturated heterocycles. The molecule has 1 aliphatic carbocycles. The van der Waals surface area contributed by atoms with Crippen LogP contribution in [0.3, 0.4) is 0 Å². The molecule has 320 valence electrons. The average Bonchev–Trinajstić information content (AvgIpc) is 3.98. The van der Waals surface area contributed by atoms with E-state index < -0.39 is 29.6 Å². The monoisotopic (exact) mass is 891 g/mol. The molecular formula is C65H44N2S. The van der Waals surface area contributed by atoms with Crippen molar-refractivity contribution in [2.24, 2.45) is 0 Å². The number of anilines is 6. The standard InChI is InChI=1S/C65H44N2S/c1-5-21-46(22-6-1)54-30-15-17-33-61(54)67(51-28-11-4-12-29-51)53-39-41-59-57(44-53)56-43-52(66(49-24-7-2-8-25-49)50-26-9-3-10-27-50)38-40-58(56)65(59,48-37-36-45-20-13-14-23-47(45)42-48)60-32-19-35-63-64(60)55-31-16-18-34-62(55)68-63/h1-44H/i13D,14D,20D,23D,36D,37D,42D. The molecule has 68 heavy (non-hydrogen) atoms. The summed E-state index contributed by atoms with van der Waals surface area (Å²) in [5.74, 6) is 0. The van der Waals surface area contributed by atoms with Gasteiger partial charge in [-0.3, -0.25) is 0 Å². The van der Waals surface area contributed by atoms with Gasteiger partial charge in [-0.2, -0.15) is 0 Å². The number of thiophene rings is 1. The fraction of sp³-hybridized carbons (Fsp3) is 0.0154. The molecule has 2 nitrogen and oxygen atoms in total. The van der Waals surface area contributed by atoms with E-state index in [1.54, 1.807) is 11.3 Å². The predicted molar refractivity (Wildman–Crippen MR) is 289 cm³/mol. The van der Waals surface area contributed by atoms with Crippen molar-refractivity contribution in [2.75, 3.05) is 9.80 Å². The molecular weight excluding hydrogens is 841 g/mol. The topological polar surface area (TPSA) is 6.48 Å². The van der Waals surface area contributed by atoms with Gasteiger partial charge in [0.15, 0.2) is 0 Å². The molecule has 1 aliphatic rings. The van der Waals surface area contributed by atoms with Gasteiger partial charge in [-0.05, 0) is 135 Å². The number of benzene rings is 11. The summed E-state index contributed by atoms with van der Waals surface area (Å²) in [4.78, 5) is 4.50. The minimum absolute atomic E-state index is 0.0888. The van der Waals surface area contributed by atoms with Crippen molar-refractivity contribution < 1.29 is 9.60 Å². The van der Waals surface area contributed by atoms with Gasteiger partial charge in [-0.25, -0.2) is 0 Å². The minimum atomic E-state index is -1.48. The summed E-state index contributed by atoms with van der Waals surface area (Å²) in [6.07, 6.45) is 0. The quantitative estimate of drug-likeness (QED) is 0.142. The highest BCUT2D eigenvalue weighted by Gasteiger charge is 2.48. The highest BCUT2D eigenvalue weighted by molar-refractivity contribution is 7.25. The summed E-state index contributed by atoms with van der Waals surface area (Å²) in [5.41, 5.74) is 10.4. The number of nitrogens with zero attached hydrogens (tertiary/aromatic N) is 2. The van der Waals surface area contributed by atoms with E-state index >= 15 is 0 Å². The molecule has 13 rings (SSSR count). The zero-order valence-corrected chi connectivity index (χ0v) is 37.5. The van der Waals surface area contributed by atoms with Crippen LogP contribution in [0.1, 0.15) is 31.8 Å². The van der Waals surface area contributed by atoms with Crippen molar-refractivity contribution in [1.82, 2.24) is 0 Å². The second kappa shape index (κ2) is 16.4. The van der Waals surface area contributed by atoms with Crippen molar-refractivity contribution in [3.05, 3.63) is 289 Å². The molecule has 1 atom stereocenters. The van der Waals surface area contributed by atoms with Crippen molar-refractivity contribution in [1.29, 1.82) is 0 Å². The van der Waals surface area contributed by atoms with E-state index in [4.69, 9.17) is 4.11 Å². The summed E-state index contributed by atoms with van der Waals surface area (Å²) in [6, 6.07) is 74.2. The Balaban J connectivity index is 1.20. The van der Waals surface area contributed by atoms with Crippen LogP contribution < -0.4 is 9.80 Å². The minimum Gasteiger partial charge on any atom is -0.310 e. The van der Waals surface area contributed by atoms with Gasteiger partial charge in [0.25, 0.3) is 0 Å². The molecule has 12 aromatic rings. The average molecular weight is 892 g/mol. The van der Waals surface area contributed by atoms with Crippen LogP contribution in [0.25, 0.3) is 53.2 Å². The van der Waals surface area contributed by atoms with Crippen molar-refractivity contribution in [3.8, 4) is 22.3 Å². The van der Waals surface area contributed by atoms with Gasteiger partial charge in [0.1, 0.15) is 0 Å². The van der Waals surface area contributed by atoms with E-state index in [-0.39, 0.29) is 34.5 Å². The maximum absolute atomic E-state index is 10.4. The van der Waals surface area contributed by atoms with Crippen LogP contribution in [0.5, 0.6) is 0 Å². The number of rotatable bonds is 9. The van der Waals surface area contributed by atoms with Gasteiger partial charge >= 0.3 is 0 Å². The van der Waals surface area contributed by atoms with Gasteiger partial charge in [0.05, 0.1) is 20.7 Å². The van der Waals surface area contributed by atoms with E-state index in [1.807, 2.05) is 78.9 Å². The molecule has 1 unspecified atom stereocenters. The molecule has 0 aliphatic heterocycles. The van der Waals surface area contributed by atoms with Crippen molar-refractivity contribution >= 4 is 76.4 Å². The van der Waals surface area contributed by atoms with E-state index in [2.05, 4.69) is 155 Å². The van der Waals surface area contributed by atoms with Crippen LogP contribution in [0.15, 0.2) is 267 Å².